The summed E-state index contributed by atoms with van der Waals surface area (Å²) < 4.78 is 0. The minimum Gasteiger partial charge on any atom is -0.255 e. The molecule has 0 radical (unpaired) electrons. The van der Waals surface area contributed by atoms with Gasteiger partial charge in [-0.3, -0.25) is 19.9 Å². The van der Waals surface area contributed by atoms with Gasteiger partial charge in [0.1, 0.15) is 0 Å². The summed E-state index contributed by atoms with van der Waals surface area (Å²) in [6.07, 6.45) is 11.8. The van der Waals surface area contributed by atoms with Crippen molar-refractivity contribution in [1.29, 1.82) is 0 Å². The highest BCUT2D eigenvalue weighted by atomic mass is 14.8. The fourth-order valence-electron chi connectivity index (χ4n) is 3.55. The summed E-state index contributed by atoms with van der Waals surface area (Å²) in [5.41, 5.74) is 8.78. The predicted octanol–water partition coefficient (Wildman–Crippen LogP) is 5.78. The maximum absolute atomic E-state index is 4.50. The van der Waals surface area contributed by atoms with Crippen LogP contribution in [0.4, 0.5) is 0 Å². The fraction of sp³-hybridized carbons (Fsp3) is 0.231. The third-order valence-corrected chi connectivity index (χ3v) is 5.19. The highest BCUT2D eigenvalue weighted by Gasteiger charge is 2.05. The van der Waals surface area contributed by atoms with E-state index in [0.717, 1.165) is 48.5 Å². The molecule has 0 aliphatic carbocycles. The second kappa shape index (κ2) is 9.40. The van der Waals surface area contributed by atoms with Gasteiger partial charge in [-0.2, -0.15) is 0 Å². The van der Waals surface area contributed by atoms with Crippen LogP contribution in [0.2, 0.25) is 0 Å². The molecular weight excluding hydrogens is 368 g/mol. The van der Waals surface area contributed by atoms with Crippen molar-refractivity contribution in [2.75, 3.05) is 0 Å². The van der Waals surface area contributed by atoms with Gasteiger partial charge in [0.25, 0.3) is 0 Å². The highest BCUT2D eigenvalue weighted by molar-refractivity contribution is 5.56. The van der Waals surface area contributed by atoms with Gasteiger partial charge in [0, 0.05) is 24.8 Å². The van der Waals surface area contributed by atoms with Crippen molar-refractivity contribution in [3.05, 3.63) is 95.6 Å². The summed E-state index contributed by atoms with van der Waals surface area (Å²) in [4.78, 5) is 17.9. The van der Waals surface area contributed by atoms with Gasteiger partial charge in [0.15, 0.2) is 0 Å². The molecule has 0 saturated heterocycles. The molecular formula is C26H26N4. The van der Waals surface area contributed by atoms with Crippen LogP contribution >= 0.6 is 0 Å². The van der Waals surface area contributed by atoms with E-state index in [1.54, 1.807) is 0 Å². The van der Waals surface area contributed by atoms with Crippen molar-refractivity contribution in [2.45, 2.75) is 39.5 Å². The number of hydrogen-bond acceptors (Lipinski definition) is 4. The third kappa shape index (κ3) is 5.15. The minimum absolute atomic E-state index is 0.936. The maximum Gasteiger partial charge on any atom is 0.0888 e. The topological polar surface area (TPSA) is 51.6 Å². The van der Waals surface area contributed by atoms with E-state index < -0.39 is 0 Å². The van der Waals surface area contributed by atoms with Crippen LogP contribution in [0.1, 0.15) is 35.1 Å². The largest absolute Gasteiger partial charge is 0.255 e. The van der Waals surface area contributed by atoms with Gasteiger partial charge in [0.05, 0.1) is 22.8 Å². The first-order valence-corrected chi connectivity index (χ1v) is 10.4. The Bertz CT molecular complexity index is 1050. The van der Waals surface area contributed by atoms with Gasteiger partial charge in [-0.1, -0.05) is 0 Å². The number of nitrogens with zero attached hydrogens (tertiary/aromatic N) is 4. The lowest BCUT2D eigenvalue weighted by Crippen LogP contribution is -1.94. The van der Waals surface area contributed by atoms with Crippen LogP contribution in [0.5, 0.6) is 0 Å². The molecule has 0 saturated carbocycles. The molecule has 0 bridgehead atoms. The highest BCUT2D eigenvalue weighted by Crippen LogP contribution is 2.19. The van der Waals surface area contributed by atoms with Crippen molar-refractivity contribution in [3.8, 4) is 22.8 Å². The molecule has 4 heteroatoms. The van der Waals surface area contributed by atoms with Crippen molar-refractivity contribution in [2.24, 2.45) is 0 Å². The summed E-state index contributed by atoms with van der Waals surface area (Å²) in [6.45, 7) is 4.16. The molecule has 4 heterocycles. The number of aryl methyl sites for hydroxylation is 4. The molecule has 0 aliphatic rings. The van der Waals surface area contributed by atoms with E-state index in [-0.39, 0.29) is 0 Å². The lowest BCUT2D eigenvalue weighted by atomic mass is 10.0. The standard InChI is InChI=1S/C26H26N4/c1-19-7-11-27-23(15-19)25-17-21(9-13-29-25)5-3-4-6-22-10-14-30-26(18-22)24-16-20(2)8-12-28-24/h7-18H,3-6H2,1-2H3. The number of unbranched alkanes of at least 4 members (excludes halogenated alkanes) is 1. The lowest BCUT2D eigenvalue weighted by Gasteiger charge is -2.07. The summed E-state index contributed by atoms with van der Waals surface area (Å²) in [6, 6.07) is 16.7. The monoisotopic (exact) mass is 394 g/mol. The molecule has 0 N–H and O–H groups in total. The van der Waals surface area contributed by atoms with E-state index in [2.05, 4.69) is 70.2 Å². The normalized spacial score (nSPS) is 10.9. The number of hydrogen-bond donors (Lipinski definition) is 0. The molecule has 0 aliphatic heterocycles. The second-order valence-electron chi connectivity index (χ2n) is 7.74. The smallest absolute Gasteiger partial charge is 0.0888 e. The van der Waals surface area contributed by atoms with Crippen LogP contribution in [0, 0.1) is 13.8 Å². The fourth-order valence-corrected chi connectivity index (χ4v) is 3.55. The summed E-state index contributed by atoms with van der Waals surface area (Å²) in [5, 5.41) is 0. The van der Waals surface area contributed by atoms with Crippen LogP contribution < -0.4 is 0 Å². The molecule has 0 unspecified atom stereocenters. The van der Waals surface area contributed by atoms with Crippen molar-refractivity contribution < 1.29 is 0 Å². The maximum atomic E-state index is 4.50. The zero-order valence-corrected chi connectivity index (χ0v) is 17.5. The molecule has 0 aromatic carbocycles. The van der Waals surface area contributed by atoms with E-state index >= 15 is 0 Å². The Labute approximate surface area is 178 Å². The molecule has 0 fully saturated rings. The van der Waals surface area contributed by atoms with E-state index in [4.69, 9.17) is 0 Å². The van der Waals surface area contributed by atoms with Gasteiger partial charge >= 0.3 is 0 Å². The van der Waals surface area contributed by atoms with Crippen molar-refractivity contribution in [3.63, 3.8) is 0 Å². The summed E-state index contributed by atoms with van der Waals surface area (Å²) >= 11 is 0. The van der Waals surface area contributed by atoms with E-state index in [1.165, 1.54) is 22.3 Å². The molecule has 4 aromatic heterocycles. The lowest BCUT2D eigenvalue weighted by molar-refractivity contribution is 0.733. The van der Waals surface area contributed by atoms with Gasteiger partial charge in [-0.25, -0.2) is 0 Å². The van der Waals surface area contributed by atoms with E-state index in [0.29, 0.717) is 0 Å². The van der Waals surface area contributed by atoms with Crippen LogP contribution in [0.3, 0.4) is 0 Å². The van der Waals surface area contributed by atoms with Crippen molar-refractivity contribution >= 4 is 0 Å². The Morgan fingerprint density at radius 1 is 0.500 bits per heavy atom. The Morgan fingerprint density at radius 2 is 0.867 bits per heavy atom. The first-order chi connectivity index (χ1) is 14.7. The molecule has 150 valence electrons. The third-order valence-electron chi connectivity index (χ3n) is 5.19. The Kier molecular flexibility index (Phi) is 6.23. The minimum atomic E-state index is 0.936. The molecule has 30 heavy (non-hydrogen) atoms. The summed E-state index contributed by atoms with van der Waals surface area (Å²) in [5.74, 6) is 0. The average molecular weight is 395 g/mol. The molecule has 4 nitrogen and oxygen atoms in total. The molecule has 0 atom stereocenters. The quantitative estimate of drug-likeness (QED) is 0.373. The van der Waals surface area contributed by atoms with Gasteiger partial charge < -0.3 is 0 Å². The van der Waals surface area contributed by atoms with E-state index in [9.17, 15) is 0 Å². The van der Waals surface area contributed by atoms with Crippen LogP contribution in [0.25, 0.3) is 22.8 Å². The van der Waals surface area contributed by atoms with Crippen molar-refractivity contribution in [1.82, 2.24) is 19.9 Å². The van der Waals surface area contributed by atoms with Crippen LogP contribution in [-0.4, -0.2) is 19.9 Å². The second-order valence-corrected chi connectivity index (χ2v) is 7.74. The van der Waals surface area contributed by atoms with E-state index in [1.807, 2.05) is 36.9 Å². The van der Waals surface area contributed by atoms with Crippen LogP contribution in [-0.2, 0) is 12.8 Å². The van der Waals surface area contributed by atoms with Gasteiger partial charge in [0.2, 0.25) is 0 Å². The number of pyridine rings is 4. The molecule has 4 rings (SSSR count). The first kappa shape index (κ1) is 19.9. The Morgan fingerprint density at radius 3 is 1.27 bits per heavy atom. The van der Waals surface area contributed by atoms with Gasteiger partial charge in [-0.15, -0.1) is 0 Å². The Balaban J connectivity index is 1.35. The van der Waals surface area contributed by atoms with Gasteiger partial charge in [-0.05, 0) is 110 Å². The zero-order chi connectivity index (χ0) is 20.8. The molecule has 0 amide bonds. The number of rotatable bonds is 7. The Hall–Kier alpha value is -3.40. The zero-order valence-electron chi connectivity index (χ0n) is 17.5. The molecule has 4 aromatic rings. The first-order valence-electron chi connectivity index (χ1n) is 10.4. The average Bonchev–Trinajstić information content (AvgIpc) is 2.77. The molecule has 0 spiro atoms. The summed E-state index contributed by atoms with van der Waals surface area (Å²) in [7, 11) is 0. The van der Waals surface area contributed by atoms with Crippen LogP contribution in [0.15, 0.2) is 73.3 Å². The number of aromatic nitrogens is 4. The SMILES string of the molecule is Cc1ccnc(-c2cc(CCCCc3ccnc(-c4cc(C)ccn4)c3)ccn2)c1. The predicted molar refractivity (Wildman–Crippen MR) is 121 cm³/mol.